The highest BCUT2D eigenvalue weighted by Gasteiger charge is 2.52. The number of phenolic OH excluding ortho intramolecular Hbond substituents is 1. The molecule has 0 spiro atoms. The van der Waals surface area contributed by atoms with Gasteiger partial charge in [-0.25, -0.2) is 0 Å². The topological polar surface area (TPSA) is 20.2 Å². The van der Waals surface area contributed by atoms with Gasteiger partial charge in [-0.3, -0.25) is 0 Å². The lowest BCUT2D eigenvalue weighted by molar-refractivity contribution is 0.0813. The van der Waals surface area contributed by atoms with Crippen LogP contribution in [0.25, 0.3) is 0 Å². The summed E-state index contributed by atoms with van der Waals surface area (Å²) in [4.78, 5) is 0. The quantitative estimate of drug-likeness (QED) is 0.649. The van der Waals surface area contributed by atoms with E-state index >= 15 is 0 Å². The molecule has 0 saturated heterocycles. The van der Waals surface area contributed by atoms with E-state index in [1.165, 1.54) is 37.7 Å². The van der Waals surface area contributed by atoms with Crippen molar-refractivity contribution < 1.29 is 5.11 Å². The maximum Gasteiger partial charge on any atom is 0.115 e. The summed E-state index contributed by atoms with van der Waals surface area (Å²) < 4.78 is 0. The second kappa shape index (κ2) is 4.63. The Hall–Kier alpha value is -1.24. The first kappa shape index (κ1) is 13.4. The minimum Gasteiger partial charge on any atom is -0.508 e. The van der Waals surface area contributed by atoms with Crippen LogP contribution in [0.15, 0.2) is 29.8 Å². The second-order valence-corrected chi connectivity index (χ2v) is 7.61. The molecule has 1 aromatic carbocycles. The fourth-order valence-electron chi connectivity index (χ4n) is 5.89. The Morgan fingerprint density at radius 2 is 2.05 bits per heavy atom. The van der Waals surface area contributed by atoms with Gasteiger partial charge in [-0.2, -0.15) is 0 Å². The first-order valence-corrected chi connectivity index (χ1v) is 8.61. The lowest BCUT2D eigenvalue weighted by atomic mass is 9.55. The first-order valence-electron chi connectivity index (χ1n) is 8.61. The minimum absolute atomic E-state index is 0.435. The van der Waals surface area contributed by atoms with Crippen LogP contribution < -0.4 is 0 Å². The van der Waals surface area contributed by atoms with Gasteiger partial charge in [0.15, 0.2) is 0 Å². The zero-order valence-electron chi connectivity index (χ0n) is 13.2. The molecule has 3 aliphatic carbocycles. The Balaban J connectivity index is 1.72. The minimum atomic E-state index is 0.435. The molecule has 0 heterocycles. The van der Waals surface area contributed by atoms with E-state index in [2.05, 4.69) is 26.0 Å². The van der Waals surface area contributed by atoms with Crippen molar-refractivity contribution in [3.63, 3.8) is 0 Å². The molecule has 1 heteroatoms. The average Bonchev–Trinajstić information content (AvgIpc) is 2.83. The van der Waals surface area contributed by atoms with Gasteiger partial charge in [0, 0.05) is 0 Å². The number of rotatable bonds is 0. The highest BCUT2D eigenvalue weighted by molar-refractivity contribution is 5.40. The standard InChI is InChI=1S/C20H26O/c1-3-14-5-9-19-18-7-4-13-12-15(21)6-8-16(13)17(18)10-11-20(14,19)2/h3,6,8,12,17-19,21H,4-5,7,9-11H2,1-2H3/t17?,18?,19?,20-/m1/s1. The van der Waals surface area contributed by atoms with Gasteiger partial charge < -0.3 is 5.11 Å². The lowest BCUT2D eigenvalue weighted by Gasteiger charge is -2.49. The molecule has 4 atom stereocenters. The third-order valence-corrected chi connectivity index (χ3v) is 6.91. The summed E-state index contributed by atoms with van der Waals surface area (Å²) in [6.45, 7) is 4.76. The van der Waals surface area contributed by atoms with E-state index in [1.807, 2.05) is 12.1 Å². The number of aryl methyl sites for hydroxylation is 1. The van der Waals surface area contributed by atoms with Crippen LogP contribution in [-0.2, 0) is 6.42 Å². The fourth-order valence-corrected chi connectivity index (χ4v) is 5.89. The smallest absolute Gasteiger partial charge is 0.115 e. The first-order chi connectivity index (χ1) is 10.1. The van der Waals surface area contributed by atoms with Crippen molar-refractivity contribution in [2.75, 3.05) is 0 Å². The number of phenols is 1. The maximum absolute atomic E-state index is 9.73. The number of hydrogen-bond donors (Lipinski definition) is 1. The van der Waals surface area contributed by atoms with Crippen LogP contribution in [0, 0.1) is 17.3 Å². The van der Waals surface area contributed by atoms with Crippen LogP contribution in [0.4, 0.5) is 0 Å². The van der Waals surface area contributed by atoms with Gasteiger partial charge in [0.1, 0.15) is 5.75 Å². The van der Waals surface area contributed by atoms with E-state index in [-0.39, 0.29) is 0 Å². The molecule has 4 rings (SSSR count). The molecular weight excluding hydrogens is 256 g/mol. The number of aromatic hydroxyl groups is 1. The average molecular weight is 282 g/mol. The fraction of sp³-hybridized carbons (Fsp3) is 0.600. The monoisotopic (exact) mass is 282 g/mol. The van der Waals surface area contributed by atoms with Crippen molar-refractivity contribution in [3.05, 3.63) is 41.0 Å². The molecule has 112 valence electrons. The van der Waals surface area contributed by atoms with Crippen LogP contribution in [0.2, 0.25) is 0 Å². The second-order valence-electron chi connectivity index (χ2n) is 7.61. The predicted molar refractivity (Wildman–Crippen MR) is 86.5 cm³/mol. The number of fused-ring (bicyclic) bond motifs is 5. The van der Waals surface area contributed by atoms with Crippen molar-refractivity contribution in [2.24, 2.45) is 17.3 Å². The van der Waals surface area contributed by atoms with Gasteiger partial charge >= 0.3 is 0 Å². The van der Waals surface area contributed by atoms with E-state index < -0.39 is 0 Å². The molecule has 2 fully saturated rings. The van der Waals surface area contributed by atoms with Gasteiger partial charge in [0.05, 0.1) is 0 Å². The van der Waals surface area contributed by atoms with Crippen LogP contribution in [-0.4, -0.2) is 5.11 Å². The summed E-state index contributed by atoms with van der Waals surface area (Å²) in [6, 6.07) is 6.10. The number of benzene rings is 1. The summed E-state index contributed by atoms with van der Waals surface area (Å²) in [7, 11) is 0. The summed E-state index contributed by atoms with van der Waals surface area (Å²) in [5.41, 5.74) is 5.15. The summed E-state index contributed by atoms with van der Waals surface area (Å²) in [5, 5.41) is 9.73. The van der Waals surface area contributed by atoms with Crippen molar-refractivity contribution >= 4 is 0 Å². The van der Waals surface area contributed by atoms with Crippen molar-refractivity contribution in [2.45, 2.75) is 58.3 Å². The Morgan fingerprint density at radius 1 is 1.19 bits per heavy atom. The molecule has 0 aromatic heterocycles. The van der Waals surface area contributed by atoms with E-state index in [0.29, 0.717) is 11.2 Å². The molecule has 1 N–H and O–H groups in total. The Kier molecular flexibility index (Phi) is 2.96. The van der Waals surface area contributed by atoms with Gasteiger partial charge in [-0.15, -0.1) is 0 Å². The number of hydrogen-bond acceptors (Lipinski definition) is 1. The molecule has 21 heavy (non-hydrogen) atoms. The molecular formula is C20H26O. The molecule has 2 saturated carbocycles. The molecule has 0 bridgehead atoms. The zero-order valence-corrected chi connectivity index (χ0v) is 13.2. The molecule has 0 amide bonds. The molecule has 0 radical (unpaired) electrons. The van der Waals surface area contributed by atoms with Gasteiger partial charge in [-0.05, 0) is 91.9 Å². The van der Waals surface area contributed by atoms with E-state index in [9.17, 15) is 5.11 Å². The van der Waals surface area contributed by atoms with E-state index in [1.54, 1.807) is 11.1 Å². The SMILES string of the molecule is CC=C1CCC2C3CCc4cc(O)ccc4C3CC[C@]12C. The normalized spacial score (nSPS) is 39.7. The highest BCUT2D eigenvalue weighted by atomic mass is 16.3. The van der Waals surface area contributed by atoms with Crippen LogP contribution in [0.1, 0.15) is 63.0 Å². The zero-order chi connectivity index (χ0) is 14.6. The van der Waals surface area contributed by atoms with Gasteiger partial charge in [-0.1, -0.05) is 24.6 Å². The Morgan fingerprint density at radius 3 is 2.86 bits per heavy atom. The summed E-state index contributed by atoms with van der Waals surface area (Å²) >= 11 is 0. The highest BCUT2D eigenvalue weighted by Crippen LogP contribution is 2.62. The van der Waals surface area contributed by atoms with Gasteiger partial charge in [0.2, 0.25) is 0 Å². The van der Waals surface area contributed by atoms with Crippen LogP contribution in [0.5, 0.6) is 5.75 Å². The molecule has 1 aromatic rings. The third-order valence-electron chi connectivity index (χ3n) is 6.91. The van der Waals surface area contributed by atoms with E-state index in [4.69, 9.17) is 0 Å². The molecule has 3 unspecified atom stereocenters. The Bertz CT molecular complexity index is 600. The van der Waals surface area contributed by atoms with Crippen molar-refractivity contribution in [1.82, 2.24) is 0 Å². The van der Waals surface area contributed by atoms with Crippen LogP contribution >= 0.6 is 0 Å². The van der Waals surface area contributed by atoms with Crippen molar-refractivity contribution in [1.29, 1.82) is 0 Å². The van der Waals surface area contributed by atoms with Crippen molar-refractivity contribution in [3.8, 4) is 5.75 Å². The molecule has 0 aliphatic heterocycles. The summed E-state index contributed by atoms with van der Waals surface area (Å²) in [5.74, 6) is 2.91. The number of allylic oxidation sites excluding steroid dienone is 2. The Labute approximate surface area is 128 Å². The predicted octanol–water partition coefficient (Wildman–Crippen LogP) is 5.19. The van der Waals surface area contributed by atoms with E-state index in [0.717, 1.165) is 24.2 Å². The van der Waals surface area contributed by atoms with Crippen LogP contribution in [0.3, 0.4) is 0 Å². The maximum atomic E-state index is 9.73. The third kappa shape index (κ3) is 1.82. The summed E-state index contributed by atoms with van der Waals surface area (Å²) in [6.07, 6.45) is 10.3. The molecule has 1 nitrogen and oxygen atoms in total. The van der Waals surface area contributed by atoms with Gasteiger partial charge in [0.25, 0.3) is 0 Å². The lowest BCUT2D eigenvalue weighted by Crippen LogP contribution is -2.40. The largest absolute Gasteiger partial charge is 0.508 e. The molecule has 3 aliphatic rings.